The van der Waals surface area contributed by atoms with Crippen LogP contribution in [-0.4, -0.2) is 51.1 Å². The Morgan fingerprint density at radius 1 is 1.33 bits per heavy atom. The molecule has 0 unspecified atom stereocenters. The van der Waals surface area contributed by atoms with Crippen molar-refractivity contribution in [3.05, 3.63) is 35.4 Å². The molecule has 1 aromatic carbocycles. The van der Waals surface area contributed by atoms with Gasteiger partial charge in [0.15, 0.2) is 5.96 Å². The maximum atomic E-state index is 13.5. The van der Waals surface area contributed by atoms with Gasteiger partial charge in [0.25, 0.3) is 0 Å². The van der Waals surface area contributed by atoms with Gasteiger partial charge in [-0.1, -0.05) is 0 Å². The van der Waals surface area contributed by atoms with Gasteiger partial charge in [-0.15, -0.1) is 24.0 Å². The van der Waals surface area contributed by atoms with Crippen LogP contribution in [0.5, 0.6) is 0 Å². The van der Waals surface area contributed by atoms with E-state index in [-0.39, 0.29) is 41.8 Å². The molecule has 0 atom stereocenters. The molecule has 10 heteroatoms. The first-order valence-electron chi connectivity index (χ1n) is 7.28. The molecule has 1 heterocycles. The lowest BCUT2D eigenvalue weighted by Gasteiger charge is -2.16. The van der Waals surface area contributed by atoms with Gasteiger partial charge < -0.3 is 10.6 Å². The summed E-state index contributed by atoms with van der Waals surface area (Å²) in [6.07, 6.45) is 0.647. The van der Waals surface area contributed by atoms with Crippen LogP contribution < -0.4 is 10.6 Å². The van der Waals surface area contributed by atoms with Crippen molar-refractivity contribution >= 4 is 40.0 Å². The molecule has 0 aromatic heterocycles. The molecule has 2 rings (SSSR count). The van der Waals surface area contributed by atoms with Crippen molar-refractivity contribution in [3.63, 3.8) is 0 Å². The van der Waals surface area contributed by atoms with E-state index in [1.807, 2.05) is 0 Å². The van der Waals surface area contributed by atoms with E-state index in [1.165, 1.54) is 4.31 Å². The zero-order chi connectivity index (χ0) is 16.9. The van der Waals surface area contributed by atoms with E-state index in [4.69, 9.17) is 0 Å². The van der Waals surface area contributed by atoms with E-state index in [1.54, 1.807) is 7.05 Å². The normalized spacial score (nSPS) is 17.4. The number of nitrogens with zero attached hydrogens (tertiary/aromatic N) is 2. The topological polar surface area (TPSA) is 73.8 Å². The van der Waals surface area contributed by atoms with E-state index in [2.05, 4.69) is 15.6 Å². The molecule has 0 radical (unpaired) electrons. The highest BCUT2D eigenvalue weighted by Gasteiger charge is 2.27. The Morgan fingerprint density at radius 3 is 2.71 bits per heavy atom. The van der Waals surface area contributed by atoms with Gasteiger partial charge in [0, 0.05) is 38.8 Å². The summed E-state index contributed by atoms with van der Waals surface area (Å²) in [5.41, 5.74) is 0.190. The molecule has 0 aliphatic carbocycles. The van der Waals surface area contributed by atoms with Gasteiger partial charge in [0.2, 0.25) is 10.0 Å². The molecule has 24 heavy (non-hydrogen) atoms. The molecule has 1 aromatic rings. The van der Waals surface area contributed by atoms with Gasteiger partial charge in [0.1, 0.15) is 11.6 Å². The fraction of sp³-hybridized carbons (Fsp3) is 0.500. The average Bonchev–Trinajstić information content (AvgIpc) is 2.84. The van der Waals surface area contributed by atoms with Gasteiger partial charge in [-0.3, -0.25) is 4.99 Å². The molecule has 0 saturated carbocycles. The summed E-state index contributed by atoms with van der Waals surface area (Å²) < 4.78 is 51.4. The average molecular weight is 474 g/mol. The van der Waals surface area contributed by atoms with Crippen LogP contribution in [-0.2, 0) is 16.6 Å². The number of halogens is 3. The molecule has 0 spiro atoms. The Bertz CT molecular complexity index is 685. The van der Waals surface area contributed by atoms with Gasteiger partial charge >= 0.3 is 0 Å². The van der Waals surface area contributed by atoms with Crippen LogP contribution >= 0.6 is 24.0 Å². The standard InChI is InChI=1S/C14H20F2N4O2S.HI/c1-17-14(18-5-7-20-6-2-8-23(20,21)22)19-10-11-9-12(15)3-4-13(11)16;/h3-4,9H,2,5-8,10H2,1H3,(H2,17,18,19);1H. The molecular formula is C14H21F2IN4O2S. The highest BCUT2D eigenvalue weighted by atomic mass is 127. The summed E-state index contributed by atoms with van der Waals surface area (Å²) >= 11 is 0. The summed E-state index contributed by atoms with van der Waals surface area (Å²) in [6.45, 7) is 1.33. The van der Waals surface area contributed by atoms with Crippen molar-refractivity contribution in [3.8, 4) is 0 Å². The van der Waals surface area contributed by atoms with Gasteiger partial charge in [-0.2, -0.15) is 0 Å². The number of rotatable bonds is 5. The third-order valence-corrected chi connectivity index (χ3v) is 5.49. The number of sulfonamides is 1. The lowest BCUT2D eigenvalue weighted by molar-refractivity contribution is 0.445. The Morgan fingerprint density at radius 2 is 2.08 bits per heavy atom. The largest absolute Gasteiger partial charge is 0.355 e. The zero-order valence-electron chi connectivity index (χ0n) is 13.3. The molecule has 1 aliphatic rings. The molecule has 1 fully saturated rings. The van der Waals surface area contributed by atoms with Crippen molar-refractivity contribution in [2.24, 2.45) is 4.99 Å². The molecule has 1 aliphatic heterocycles. The predicted molar refractivity (Wildman–Crippen MR) is 100.0 cm³/mol. The number of hydrogen-bond acceptors (Lipinski definition) is 3. The first kappa shape index (κ1) is 21.0. The van der Waals surface area contributed by atoms with Crippen molar-refractivity contribution in [1.29, 1.82) is 0 Å². The van der Waals surface area contributed by atoms with E-state index >= 15 is 0 Å². The monoisotopic (exact) mass is 474 g/mol. The Balaban J connectivity index is 0.00000288. The molecule has 0 bridgehead atoms. The summed E-state index contributed by atoms with van der Waals surface area (Å²) in [5.74, 6) is -0.424. The minimum Gasteiger partial charge on any atom is -0.355 e. The summed E-state index contributed by atoms with van der Waals surface area (Å²) in [6, 6.07) is 3.25. The summed E-state index contributed by atoms with van der Waals surface area (Å²) in [5, 5.41) is 5.82. The van der Waals surface area contributed by atoms with Crippen molar-refractivity contribution in [2.45, 2.75) is 13.0 Å². The minimum atomic E-state index is -3.12. The van der Waals surface area contributed by atoms with E-state index in [0.717, 1.165) is 18.2 Å². The molecule has 1 saturated heterocycles. The number of guanidine groups is 1. The highest BCUT2D eigenvalue weighted by molar-refractivity contribution is 14.0. The van der Waals surface area contributed by atoms with Crippen LogP contribution in [0.15, 0.2) is 23.2 Å². The minimum absolute atomic E-state index is 0. The quantitative estimate of drug-likeness (QED) is 0.383. The number of aliphatic imine (C=N–C) groups is 1. The predicted octanol–water partition coefficient (Wildman–Crippen LogP) is 1.28. The summed E-state index contributed by atoms with van der Waals surface area (Å²) in [4.78, 5) is 3.97. The fourth-order valence-electron chi connectivity index (χ4n) is 2.32. The molecular weight excluding hydrogens is 453 g/mol. The number of hydrogen-bond donors (Lipinski definition) is 2. The van der Waals surface area contributed by atoms with Crippen LogP contribution in [0.1, 0.15) is 12.0 Å². The maximum Gasteiger partial charge on any atom is 0.214 e. The third-order valence-electron chi connectivity index (χ3n) is 3.53. The first-order valence-corrected chi connectivity index (χ1v) is 8.89. The lowest BCUT2D eigenvalue weighted by Crippen LogP contribution is -2.41. The van der Waals surface area contributed by atoms with Gasteiger partial charge in [-0.05, 0) is 24.6 Å². The van der Waals surface area contributed by atoms with Crippen LogP contribution in [0, 0.1) is 11.6 Å². The Labute approximate surface area is 157 Å². The maximum absolute atomic E-state index is 13.5. The third kappa shape index (κ3) is 5.81. The van der Waals surface area contributed by atoms with Crippen LogP contribution in [0.4, 0.5) is 8.78 Å². The number of nitrogens with one attached hydrogen (secondary N) is 2. The molecule has 2 N–H and O–H groups in total. The molecule has 136 valence electrons. The van der Waals surface area contributed by atoms with E-state index < -0.39 is 21.7 Å². The second kappa shape index (κ2) is 9.47. The van der Waals surface area contributed by atoms with Crippen molar-refractivity contribution in [2.75, 3.05) is 32.4 Å². The molecule has 6 nitrogen and oxygen atoms in total. The van der Waals surface area contributed by atoms with Crippen LogP contribution in [0.25, 0.3) is 0 Å². The molecule has 0 amide bonds. The van der Waals surface area contributed by atoms with Gasteiger partial charge in [-0.25, -0.2) is 21.5 Å². The number of benzene rings is 1. The highest BCUT2D eigenvalue weighted by Crippen LogP contribution is 2.12. The van der Waals surface area contributed by atoms with Gasteiger partial charge in [0.05, 0.1) is 5.75 Å². The van der Waals surface area contributed by atoms with E-state index in [9.17, 15) is 17.2 Å². The Kier molecular flexibility index (Phi) is 8.30. The fourth-order valence-corrected chi connectivity index (χ4v) is 3.85. The second-order valence-electron chi connectivity index (χ2n) is 5.16. The van der Waals surface area contributed by atoms with Crippen molar-refractivity contribution in [1.82, 2.24) is 14.9 Å². The van der Waals surface area contributed by atoms with Crippen LogP contribution in [0.3, 0.4) is 0 Å². The summed E-state index contributed by atoms with van der Waals surface area (Å²) in [7, 11) is -1.57. The first-order chi connectivity index (χ1) is 10.9. The second-order valence-corrected chi connectivity index (χ2v) is 7.25. The van der Waals surface area contributed by atoms with E-state index in [0.29, 0.717) is 32.0 Å². The lowest BCUT2D eigenvalue weighted by atomic mass is 10.2. The Hall–Kier alpha value is -1.01. The van der Waals surface area contributed by atoms with Crippen LogP contribution in [0.2, 0.25) is 0 Å². The smallest absolute Gasteiger partial charge is 0.214 e. The van der Waals surface area contributed by atoms with Crippen molar-refractivity contribution < 1.29 is 17.2 Å². The zero-order valence-corrected chi connectivity index (χ0v) is 16.4. The SMILES string of the molecule is CN=C(NCCN1CCCS1(=O)=O)NCc1cc(F)ccc1F.I.